The summed E-state index contributed by atoms with van der Waals surface area (Å²) in [4.78, 5) is 45.6. The highest BCUT2D eigenvalue weighted by Crippen LogP contribution is 2.34. The molecule has 3 aromatic rings. The summed E-state index contributed by atoms with van der Waals surface area (Å²) in [7, 11) is 1.28. The molecule has 196 valence electrons. The van der Waals surface area contributed by atoms with Crippen molar-refractivity contribution in [3.8, 4) is 0 Å². The standard InChI is InChI=1S/C30H26N4O5/c1-20-15-21(13-14-25(20)34(37)38)17-32-19-31-24-18-33(27(16-26(24)32)30(36)39-2)29(35)28(22-9-5-3-6-10-22)23-11-7-4-8-12-23/h3-16,18-19,26,28H,17H2,1-2H3/t26-/m0/s1. The highest BCUT2D eigenvalue weighted by Gasteiger charge is 2.38. The van der Waals surface area contributed by atoms with Crippen LogP contribution in [-0.2, 0) is 20.9 Å². The second-order valence-corrected chi connectivity index (χ2v) is 9.30. The monoisotopic (exact) mass is 522 g/mol. The van der Waals surface area contributed by atoms with Gasteiger partial charge in [-0.3, -0.25) is 19.8 Å². The van der Waals surface area contributed by atoms with Gasteiger partial charge in [-0.05, 0) is 35.8 Å². The summed E-state index contributed by atoms with van der Waals surface area (Å²) in [6, 6.07) is 23.4. The van der Waals surface area contributed by atoms with Crippen LogP contribution in [0.5, 0.6) is 0 Å². The van der Waals surface area contributed by atoms with E-state index < -0.39 is 22.9 Å². The predicted molar refractivity (Wildman–Crippen MR) is 145 cm³/mol. The Labute approximate surface area is 225 Å². The molecule has 0 N–H and O–H groups in total. The molecule has 0 unspecified atom stereocenters. The SMILES string of the molecule is COC(=O)C1=C[C@H]2C(=CN1C(=O)C(c1ccccc1)c1ccccc1)N=CN2Cc1ccc([N+](=O)[O-])c(C)c1. The number of hydrogen-bond donors (Lipinski definition) is 0. The van der Waals surface area contributed by atoms with E-state index in [1.807, 2.05) is 65.6 Å². The van der Waals surface area contributed by atoms with Gasteiger partial charge in [0.25, 0.3) is 5.69 Å². The van der Waals surface area contributed by atoms with Gasteiger partial charge in [0.15, 0.2) is 0 Å². The summed E-state index contributed by atoms with van der Waals surface area (Å²) in [6.45, 7) is 2.10. The summed E-state index contributed by atoms with van der Waals surface area (Å²) < 4.78 is 5.06. The smallest absolute Gasteiger partial charge is 0.354 e. The Bertz CT molecular complexity index is 1480. The normalized spacial score (nSPS) is 16.0. The summed E-state index contributed by atoms with van der Waals surface area (Å²) in [5.74, 6) is -1.61. The number of nitro benzene ring substituents is 1. The first-order chi connectivity index (χ1) is 18.9. The molecule has 2 aliphatic rings. The Morgan fingerprint density at radius 3 is 2.23 bits per heavy atom. The number of fused-ring (bicyclic) bond motifs is 1. The van der Waals surface area contributed by atoms with Crippen LogP contribution in [0.4, 0.5) is 5.69 Å². The lowest BCUT2D eigenvalue weighted by Gasteiger charge is -2.32. The second kappa shape index (κ2) is 10.7. The van der Waals surface area contributed by atoms with Gasteiger partial charge in [0.1, 0.15) is 5.70 Å². The van der Waals surface area contributed by atoms with E-state index in [0.717, 1.165) is 16.7 Å². The number of methoxy groups -OCH3 is 1. The number of ether oxygens (including phenoxy) is 1. The molecule has 9 nitrogen and oxygen atoms in total. The van der Waals surface area contributed by atoms with Crippen molar-refractivity contribution in [2.75, 3.05) is 7.11 Å². The van der Waals surface area contributed by atoms with E-state index >= 15 is 0 Å². The minimum absolute atomic E-state index is 0.0560. The molecule has 3 aromatic carbocycles. The number of amides is 1. The topological polar surface area (TPSA) is 105 Å². The Morgan fingerprint density at radius 1 is 1.03 bits per heavy atom. The first-order valence-electron chi connectivity index (χ1n) is 12.4. The molecule has 5 rings (SSSR count). The molecular formula is C30H26N4O5. The molecule has 0 fully saturated rings. The van der Waals surface area contributed by atoms with Crippen molar-refractivity contribution in [2.24, 2.45) is 4.99 Å². The predicted octanol–water partition coefficient (Wildman–Crippen LogP) is 4.69. The maximum absolute atomic E-state index is 14.1. The molecule has 1 amide bonds. The van der Waals surface area contributed by atoms with Crippen LogP contribution in [0.15, 0.2) is 108 Å². The molecular weight excluding hydrogens is 496 g/mol. The molecule has 0 saturated heterocycles. The summed E-state index contributed by atoms with van der Waals surface area (Å²) in [5, 5.41) is 11.2. The fraction of sp³-hybridized carbons (Fsp3) is 0.167. The quantitative estimate of drug-likeness (QED) is 0.253. The van der Waals surface area contributed by atoms with Gasteiger partial charge >= 0.3 is 5.97 Å². The van der Waals surface area contributed by atoms with Crippen LogP contribution in [-0.4, -0.2) is 46.1 Å². The van der Waals surface area contributed by atoms with Crippen LogP contribution in [0.25, 0.3) is 0 Å². The summed E-state index contributed by atoms with van der Waals surface area (Å²) in [6.07, 6.45) is 4.92. The molecule has 2 aliphatic heterocycles. The van der Waals surface area contributed by atoms with Gasteiger partial charge in [-0.25, -0.2) is 9.79 Å². The van der Waals surface area contributed by atoms with Crippen molar-refractivity contribution in [1.82, 2.24) is 9.80 Å². The van der Waals surface area contributed by atoms with Gasteiger partial charge in [0, 0.05) is 24.4 Å². The van der Waals surface area contributed by atoms with E-state index in [2.05, 4.69) is 4.99 Å². The zero-order chi connectivity index (χ0) is 27.5. The number of hydrogen-bond acceptors (Lipinski definition) is 7. The van der Waals surface area contributed by atoms with Crippen LogP contribution in [0.2, 0.25) is 0 Å². The molecule has 1 atom stereocenters. The largest absolute Gasteiger partial charge is 0.464 e. The number of aliphatic imine (C=N–C) groups is 1. The molecule has 0 bridgehead atoms. The average Bonchev–Trinajstić information content (AvgIpc) is 3.34. The summed E-state index contributed by atoms with van der Waals surface area (Å²) in [5.41, 5.74) is 3.75. The molecule has 0 aliphatic carbocycles. The lowest BCUT2D eigenvalue weighted by Crippen LogP contribution is -2.40. The maximum atomic E-state index is 14.1. The van der Waals surface area contributed by atoms with Crippen molar-refractivity contribution >= 4 is 23.9 Å². The molecule has 9 heteroatoms. The van der Waals surface area contributed by atoms with Gasteiger partial charge in [-0.2, -0.15) is 0 Å². The molecule has 0 radical (unpaired) electrons. The third kappa shape index (κ3) is 5.06. The highest BCUT2D eigenvalue weighted by atomic mass is 16.6. The molecule has 39 heavy (non-hydrogen) atoms. The minimum atomic E-state index is -0.654. The summed E-state index contributed by atoms with van der Waals surface area (Å²) >= 11 is 0. The molecule has 0 aromatic heterocycles. The minimum Gasteiger partial charge on any atom is -0.464 e. The Hall–Kier alpha value is -5.05. The average molecular weight is 523 g/mol. The highest BCUT2D eigenvalue weighted by molar-refractivity contribution is 5.98. The molecule has 0 saturated carbocycles. The number of nitrogens with zero attached hydrogens (tertiary/aromatic N) is 4. The van der Waals surface area contributed by atoms with Crippen molar-refractivity contribution < 1.29 is 19.2 Å². The maximum Gasteiger partial charge on any atom is 0.354 e. The van der Waals surface area contributed by atoms with Crippen LogP contribution in [0.1, 0.15) is 28.2 Å². The number of benzene rings is 3. The number of carbonyl (C=O) groups excluding carboxylic acids is 2. The fourth-order valence-corrected chi connectivity index (χ4v) is 4.91. The first-order valence-corrected chi connectivity index (χ1v) is 12.4. The van der Waals surface area contributed by atoms with Crippen LogP contribution in [0.3, 0.4) is 0 Å². The number of nitro groups is 1. The number of rotatable bonds is 7. The van der Waals surface area contributed by atoms with Crippen molar-refractivity contribution in [2.45, 2.75) is 25.4 Å². The zero-order valence-electron chi connectivity index (χ0n) is 21.4. The van der Waals surface area contributed by atoms with E-state index in [0.29, 0.717) is 17.8 Å². The van der Waals surface area contributed by atoms with E-state index in [1.165, 1.54) is 18.1 Å². The first kappa shape index (κ1) is 25.6. The Kier molecular flexibility index (Phi) is 7.05. The Balaban J connectivity index is 1.48. The van der Waals surface area contributed by atoms with Gasteiger partial charge < -0.3 is 9.64 Å². The molecule has 0 spiro atoms. The molecule has 2 heterocycles. The van der Waals surface area contributed by atoms with E-state index in [-0.39, 0.29) is 17.3 Å². The van der Waals surface area contributed by atoms with E-state index in [1.54, 1.807) is 37.7 Å². The second-order valence-electron chi connectivity index (χ2n) is 9.30. The van der Waals surface area contributed by atoms with Crippen molar-refractivity contribution in [3.05, 3.63) is 135 Å². The third-order valence-corrected chi connectivity index (χ3v) is 6.82. The van der Waals surface area contributed by atoms with Gasteiger partial charge in [-0.15, -0.1) is 0 Å². The van der Waals surface area contributed by atoms with Gasteiger partial charge in [-0.1, -0.05) is 66.7 Å². The number of carbonyl (C=O) groups is 2. The van der Waals surface area contributed by atoms with Crippen LogP contribution >= 0.6 is 0 Å². The Morgan fingerprint density at radius 2 is 1.67 bits per heavy atom. The van der Waals surface area contributed by atoms with Gasteiger partial charge in [0.2, 0.25) is 5.91 Å². The van der Waals surface area contributed by atoms with Crippen LogP contribution < -0.4 is 0 Å². The lowest BCUT2D eigenvalue weighted by molar-refractivity contribution is -0.385. The van der Waals surface area contributed by atoms with E-state index in [4.69, 9.17) is 4.74 Å². The number of aryl methyl sites for hydroxylation is 1. The third-order valence-electron chi connectivity index (χ3n) is 6.82. The van der Waals surface area contributed by atoms with Gasteiger partial charge in [0.05, 0.1) is 36.0 Å². The van der Waals surface area contributed by atoms with Crippen molar-refractivity contribution in [1.29, 1.82) is 0 Å². The zero-order valence-corrected chi connectivity index (χ0v) is 21.4. The lowest BCUT2D eigenvalue weighted by atomic mass is 9.89. The van der Waals surface area contributed by atoms with Crippen LogP contribution in [0, 0.1) is 17.0 Å². The number of esters is 1. The fourth-order valence-electron chi connectivity index (χ4n) is 4.91. The van der Waals surface area contributed by atoms with Crippen molar-refractivity contribution in [3.63, 3.8) is 0 Å². The van der Waals surface area contributed by atoms with E-state index in [9.17, 15) is 19.7 Å².